The summed E-state index contributed by atoms with van der Waals surface area (Å²) in [6.07, 6.45) is 2.61. The lowest BCUT2D eigenvalue weighted by atomic mass is 9.93. The zero-order valence-corrected chi connectivity index (χ0v) is 11.6. The molecule has 0 saturated carbocycles. The van der Waals surface area contributed by atoms with Crippen molar-refractivity contribution in [1.29, 1.82) is 0 Å². The van der Waals surface area contributed by atoms with Gasteiger partial charge in [0.25, 0.3) is 5.91 Å². The van der Waals surface area contributed by atoms with Crippen LogP contribution < -0.4 is 10.6 Å². The highest BCUT2D eigenvalue weighted by Crippen LogP contribution is 2.18. The van der Waals surface area contributed by atoms with E-state index in [0.29, 0.717) is 5.96 Å². The van der Waals surface area contributed by atoms with Crippen LogP contribution in [0.3, 0.4) is 0 Å². The Balaban J connectivity index is 1.97. The molecule has 1 heterocycles. The van der Waals surface area contributed by atoms with Crippen molar-refractivity contribution >= 4 is 11.9 Å². The summed E-state index contributed by atoms with van der Waals surface area (Å²) in [6, 6.07) is 10.2. The largest absolute Gasteiger partial charge is 0.342 e. The van der Waals surface area contributed by atoms with E-state index >= 15 is 0 Å². The van der Waals surface area contributed by atoms with E-state index in [1.807, 2.05) is 25.1 Å². The summed E-state index contributed by atoms with van der Waals surface area (Å²) < 4.78 is 0. The van der Waals surface area contributed by atoms with E-state index in [1.165, 1.54) is 5.56 Å². The fourth-order valence-electron chi connectivity index (χ4n) is 2.11. The second-order valence-corrected chi connectivity index (χ2v) is 5.13. The van der Waals surface area contributed by atoms with Gasteiger partial charge in [-0.2, -0.15) is 0 Å². The average Bonchev–Trinajstić information content (AvgIpc) is 2.71. The van der Waals surface area contributed by atoms with Crippen molar-refractivity contribution in [3.63, 3.8) is 0 Å². The Morgan fingerprint density at radius 1 is 1.26 bits per heavy atom. The molecule has 4 nitrogen and oxygen atoms in total. The quantitative estimate of drug-likeness (QED) is 0.848. The Morgan fingerprint density at radius 3 is 2.68 bits per heavy atom. The number of nitrogens with zero attached hydrogens (tertiary/aromatic N) is 1. The number of hydrogen-bond donors (Lipinski definition) is 2. The predicted octanol–water partition coefficient (Wildman–Crippen LogP) is 1.86. The maximum atomic E-state index is 12.0. The third-order valence-electron chi connectivity index (χ3n) is 3.38. The van der Waals surface area contributed by atoms with Crippen LogP contribution in [0, 0.1) is 0 Å². The molecule has 1 amide bonds. The zero-order chi connectivity index (χ0) is 13.7. The number of carbonyl (C=O) groups excluding carboxylic acids is 1. The average molecular weight is 259 g/mol. The van der Waals surface area contributed by atoms with Crippen molar-refractivity contribution in [2.75, 3.05) is 6.54 Å². The Kier molecular flexibility index (Phi) is 4.20. The molecule has 1 aliphatic rings. The van der Waals surface area contributed by atoms with E-state index in [1.54, 1.807) is 0 Å². The summed E-state index contributed by atoms with van der Waals surface area (Å²) in [6.45, 7) is 4.73. The molecule has 0 spiro atoms. The summed E-state index contributed by atoms with van der Waals surface area (Å²) in [7, 11) is 0. The molecular weight excluding hydrogens is 238 g/mol. The molecule has 1 aromatic carbocycles. The van der Waals surface area contributed by atoms with E-state index in [0.717, 1.165) is 25.8 Å². The van der Waals surface area contributed by atoms with Gasteiger partial charge < -0.3 is 5.32 Å². The molecule has 0 bridgehead atoms. The molecule has 4 heteroatoms. The summed E-state index contributed by atoms with van der Waals surface area (Å²) >= 11 is 0. The first-order valence-corrected chi connectivity index (χ1v) is 6.82. The van der Waals surface area contributed by atoms with Gasteiger partial charge in [-0.05, 0) is 31.7 Å². The number of benzene rings is 1. The van der Waals surface area contributed by atoms with Gasteiger partial charge in [0.1, 0.15) is 5.54 Å². The van der Waals surface area contributed by atoms with E-state index in [2.05, 4.69) is 34.7 Å². The van der Waals surface area contributed by atoms with Crippen LogP contribution in [0.2, 0.25) is 0 Å². The lowest BCUT2D eigenvalue weighted by Gasteiger charge is -2.20. The number of rotatable bonds is 5. The first kappa shape index (κ1) is 13.6. The first-order chi connectivity index (χ1) is 9.14. The second-order valence-electron chi connectivity index (χ2n) is 5.13. The highest BCUT2D eigenvalue weighted by Gasteiger charge is 2.40. The molecular formula is C15H21N3O. The summed E-state index contributed by atoms with van der Waals surface area (Å²) in [5.74, 6) is 0.626. The SMILES string of the molecule is CCCN=C1NC(=O)C(C)(CCc2ccccc2)N1. The number of aliphatic imine (C=N–C) groups is 1. The van der Waals surface area contributed by atoms with E-state index < -0.39 is 5.54 Å². The van der Waals surface area contributed by atoms with Crippen molar-refractivity contribution in [1.82, 2.24) is 10.6 Å². The third-order valence-corrected chi connectivity index (χ3v) is 3.38. The van der Waals surface area contributed by atoms with Crippen molar-refractivity contribution < 1.29 is 4.79 Å². The number of nitrogens with one attached hydrogen (secondary N) is 2. The number of amides is 1. The van der Waals surface area contributed by atoms with Crippen LogP contribution in [-0.2, 0) is 11.2 Å². The fraction of sp³-hybridized carbons (Fsp3) is 0.467. The minimum atomic E-state index is -0.553. The number of carbonyl (C=O) groups is 1. The van der Waals surface area contributed by atoms with E-state index in [9.17, 15) is 4.79 Å². The Labute approximate surface area is 114 Å². The summed E-state index contributed by atoms with van der Waals surface area (Å²) in [4.78, 5) is 16.4. The van der Waals surface area contributed by atoms with Gasteiger partial charge in [-0.3, -0.25) is 15.1 Å². The molecule has 0 aliphatic carbocycles. The van der Waals surface area contributed by atoms with Crippen LogP contribution in [0.5, 0.6) is 0 Å². The lowest BCUT2D eigenvalue weighted by Crippen LogP contribution is -2.44. The van der Waals surface area contributed by atoms with Crippen molar-refractivity contribution in [2.24, 2.45) is 4.99 Å². The second kappa shape index (κ2) is 5.87. The van der Waals surface area contributed by atoms with Crippen LogP contribution in [0.1, 0.15) is 32.3 Å². The molecule has 0 radical (unpaired) electrons. The molecule has 1 unspecified atom stereocenters. The zero-order valence-electron chi connectivity index (χ0n) is 11.6. The third kappa shape index (κ3) is 3.34. The number of hydrogen-bond acceptors (Lipinski definition) is 2. The highest BCUT2D eigenvalue weighted by atomic mass is 16.2. The smallest absolute Gasteiger partial charge is 0.252 e. The molecule has 2 N–H and O–H groups in total. The maximum absolute atomic E-state index is 12.0. The van der Waals surface area contributed by atoms with Gasteiger partial charge in [0.15, 0.2) is 5.96 Å². The van der Waals surface area contributed by atoms with Crippen molar-refractivity contribution in [2.45, 2.75) is 38.6 Å². The topological polar surface area (TPSA) is 53.5 Å². The first-order valence-electron chi connectivity index (χ1n) is 6.82. The molecule has 1 fully saturated rings. The standard InChI is InChI=1S/C15H21N3O/c1-3-11-16-14-17-13(19)15(2,18-14)10-9-12-7-5-4-6-8-12/h4-8H,3,9-11H2,1-2H3,(H2,16,17,18,19). The van der Waals surface area contributed by atoms with Gasteiger partial charge in [0, 0.05) is 6.54 Å². The highest BCUT2D eigenvalue weighted by molar-refractivity contribution is 6.08. The lowest BCUT2D eigenvalue weighted by molar-refractivity contribution is -0.123. The monoisotopic (exact) mass is 259 g/mol. The molecule has 2 rings (SSSR count). The summed E-state index contributed by atoms with van der Waals surface area (Å²) in [5, 5.41) is 6.03. The molecule has 0 aromatic heterocycles. The number of aryl methyl sites for hydroxylation is 1. The van der Waals surface area contributed by atoms with Crippen LogP contribution in [-0.4, -0.2) is 24.0 Å². The normalized spacial score (nSPS) is 24.3. The van der Waals surface area contributed by atoms with Crippen LogP contribution >= 0.6 is 0 Å². The van der Waals surface area contributed by atoms with Gasteiger partial charge in [0.2, 0.25) is 0 Å². The Bertz CT molecular complexity index is 470. The van der Waals surface area contributed by atoms with E-state index in [-0.39, 0.29) is 5.91 Å². The van der Waals surface area contributed by atoms with Gasteiger partial charge in [-0.1, -0.05) is 37.3 Å². The maximum Gasteiger partial charge on any atom is 0.252 e. The minimum absolute atomic E-state index is 0.0123. The van der Waals surface area contributed by atoms with Gasteiger partial charge >= 0.3 is 0 Å². The fourth-order valence-corrected chi connectivity index (χ4v) is 2.11. The Morgan fingerprint density at radius 2 is 2.00 bits per heavy atom. The van der Waals surface area contributed by atoms with Gasteiger partial charge in [-0.15, -0.1) is 0 Å². The van der Waals surface area contributed by atoms with Crippen LogP contribution in [0.15, 0.2) is 35.3 Å². The van der Waals surface area contributed by atoms with Gasteiger partial charge in [-0.25, -0.2) is 0 Å². The Hall–Kier alpha value is -1.84. The van der Waals surface area contributed by atoms with E-state index in [4.69, 9.17) is 0 Å². The molecule has 1 aromatic rings. The summed E-state index contributed by atoms with van der Waals surface area (Å²) in [5.41, 5.74) is 0.694. The van der Waals surface area contributed by atoms with Crippen molar-refractivity contribution in [3.8, 4) is 0 Å². The molecule has 102 valence electrons. The molecule has 1 aliphatic heterocycles. The van der Waals surface area contributed by atoms with Crippen molar-refractivity contribution in [3.05, 3.63) is 35.9 Å². The molecule has 1 atom stereocenters. The number of guanidine groups is 1. The molecule has 1 saturated heterocycles. The predicted molar refractivity (Wildman–Crippen MR) is 77.0 cm³/mol. The van der Waals surface area contributed by atoms with Crippen LogP contribution in [0.25, 0.3) is 0 Å². The van der Waals surface area contributed by atoms with Gasteiger partial charge in [0.05, 0.1) is 0 Å². The minimum Gasteiger partial charge on any atom is -0.342 e. The molecule has 19 heavy (non-hydrogen) atoms. The van der Waals surface area contributed by atoms with Crippen LogP contribution in [0.4, 0.5) is 0 Å².